The molecular weight excluding hydrogens is 394 g/mol. The molecule has 152 valence electrons. The van der Waals surface area contributed by atoms with Crippen molar-refractivity contribution in [3.8, 4) is 5.69 Å². The van der Waals surface area contributed by atoms with Crippen LogP contribution in [0.1, 0.15) is 45.0 Å². The molecule has 2 atom stereocenters. The highest BCUT2D eigenvalue weighted by Gasteiger charge is 2.25. The molecule has 1 fully saturated rings. The number of amides is 1. The summed E-state index contributed by atoms with van der Waals surface area (Å²) in [5, 5.41) is 10.2. The Morgan fingerprint density at radius 2 is 2.00 bits per heavy atom. The van der Waals surface area contributed by atoms with Gasteiger partial charge in [0.1, 0.15) is 0 Å². The summed E-state index contributed by atoms with van der Waals surface area (Å²) in [5.74, 6) is 1.38. The molecule has 2 aromatic rings. The third-order valence-electron chi connectivity index (χ3n) is 5.34. The Labute approximate surface area is 176 Å². The van der Waals surface area contributed by atoms with E-state index in [0.717, 1.165) is 36.1 Å². The second kappa shape index (κ2) is 9.29. The van der Waals surface area contributed by atoms with E-state index >= 15 is 0 Å². The minimum atomic E-state index is 0.0790. The van der Waals surface area contributed by atoms with Crippen LogP contribution in [0.5, 0.6) is 0 Å². The number of piperidine rings is 1. The monoisotopic (exact) mass is 421 g/mol. The minimum absolute atomic E-state index is 0.0790. The third-order valence-corrected chi connectivity index (χ3v) is 6.51. The van der Waals surface area contributed by atoms with Gasteiger partial charge >= 0.3 is 0 Å². The Morgan fingerprint density at radius 3 is 2.64 bits per heavy atom. The van der Waals surface area contributed by atoms with Crippen LogP contribution in [-0.2, 0) is 4.79 Å². The fourth-order valence-corrected chi connectivity index (χ4v) is 4.36. The maximum atomic E-state index is 12.7. The molecule has 0 spiro atoms. The number of thioether (sulfide) groups is 1. The maximum Gasteiger partial charge on any atom is 0.233 e. The number of carbonyl (C=O) groups excluding carboxylic acids is 1. The lowest BCUT2D eigenvalue weighted by molar-refractivity contribution is -0.131. The van der Waals surface area contributed by atoms with Crippen LogP contribution in [0.15, 0.2) is 29.4 Å². The summed E-state index contributed by atoms with van der Waals surface area (Å²) < 4.78 is 2.03. The van der Waals surface area contributed by atoms with Crippen molar-refractivity contribution in [2.45, 2.75) is 50.4 Å². The topological polar surface area (TPSA) is 54.3 Å². The van der Waals surface area contributed by atoms with Crippen LogP contribution in [0.25, 0.3) is 5.69 Å². The van der Waals surface area contributed by atoms with Gasteiger partial charge < -0.3 is 4.90 Å². The van der Waals surface area contributed by atoms with E-state index < -0.39 is 0 Å². The number of nitrogens with zero attached hydrogens (tertiary/aromatic N) is 5. The van der Waals surface area contributed by atoms with E-state index in [1.807, 2.05) is 47.8 Å². The van der Waals surface area contributed by atoms with Gasteiger partial charge in [0.05, 0.1) is 11.8 Å². The molecule has 28 heavy (non-hydrogen) atoms. The summed E-state index contributed by atoms with van der Waals surface area (Å²) in [4.78, 5) is 16.8. The Hall–Kier alpha value is -1.57. The SMILES string of the molecule is C[C@H](c1nnc(SCC(=O)N2CCCC[C@H]2C)n1-c1ccc(Cl)cc1)N(C)C. The molecule has 0 aliphatic carbocycles. The van der Waals surface area contributed by atoms with Gasteiger partial charge in [-0.05, 0) is 71.5 Å². The lowest BCUT2D eigenvalue weighted by atomic mass is 10.0. The van der Waals surface area contributed by atoms with Crippen molar-refractivity contribution in [3.63, 3.8) is 0 Å². The van der Waals surface area contributed by atoms with Gasteiger partial charge in [-0.1, -0.05) is 23.4 Å². The first-order chi connectivity index (χ1) is 13.4. The zero-order valence-corrected chi connectivity index (χ0v) is 18.5. The van der Waals surface area contributed by atoms with Gasteiger partial charge in [-0.15, -0.1) is 10.2 Å². The molecule has 0 bridgehead atoms. The number of rotatable bonds is 6. The van der Waals surface area contributed by atoms with Crippen molar-refractivity contribution in [3.05, 3.63) is 35.1 Å². The quantitative estimate of drug-likeness (QED) is 0.659. The second-order valence-corrected chi connectivity index (χ2v) is 8.89. The summed E-state index contributed by atoms with van der Waals surface area (Å²) in [6.07, 6.45) is 3.38. The Balaban J connectivity index is 1.84. The molecule has 1 amide bonds. The Morgan fingerprint density at radius 1 is 1.29 bits per heavy atom. The number of carbonyl (C=O) groups is 1. The molecule has 3 rings (SSSR count). The van der Waals surface area contributed by atoms with Crippen molar-refractivity contribution in [1.29, 1.82) is 0 Å². The normalized spacial score (nSPS) is 18.5. The summed E-state index contributed by atoms with van der Waals surface area (Å²) in [5.41, 5.74) is 0.944. The summed E-state index contributed by atoms with van der Waals surface area (Å²) in [6.45, 7) is 5.08. The predicted molar refractivity (Wildman–Crippen MR) is 114 cm³/mol. The molecule has 1 aromatic carbocycles. The molecule has 0 radical (unpaired) electrons. The van der Waals surface area contributed by atoms with Crippen molar-refractivity contribution in [2.24, 2.45) is 0 Å². The average molecular weight is 422 g/mol. The van der Waals surface area contributed by atoms with Crippen LogP contribution in [0, 0.1) is 0 Å². The number of halogens is 1. The van der Waals surface area contributed by atoms with Gasteiger partial charge in [0.25, 0.3) is 0 Å². The van der Waals surface area contributed by atoms with Gasteiger partial charge in [0.15, 0.2) is 11.0 Å². The van der Waals surface area contributed by atoms with Crippen LogP contribution < -0.4 is 0 Å². The van der Waals surface area contributed by atoms with E-state index in [-0.39, 0.29) is 11.9 Å². The molecule has 0 saturated carbocycles. The van der Waals surface area contributed by atoms with Crippen LogP contribution in [0.2, 0.25) is 5.02 Å². The van der Waals surface area contributed by atoms with Crippen molar-refractivity contribution >= 4 is 29.3 Å². The Bertz CT molecular complexity index is 807. The summed E-state index contributed by atoms with van der Waals surface area (Å²) in [6, 6.07) is 8.02. The molecule has 2 heterocycles. The molecular formula is C20H28ClN5OS. The highest BCUT2D eigenvalue weighted by Crippen LogP contribution is 2.28. The van der Waals surface area contributed by atoms with E-state index in [4.69, 9.17) is 11.6 Å². The average Bonchev–Trinajstić information content (AvgIpc) is 3.10. The van der Waals surface area contributed by atoms with E-state index in [1.165, 1.54) is 18.2 Å². The minimum Gasteiger partial charge on any atom is -0.339 e. The molecule has 1 saturated heterocycles. The fraction of sp³-hybridized carbons (Fsp3) is 0.550. The standard InChI is InChI=1S/C20H28ClN5OS/c1-14-7-5-6-12-25(14)18(27)13-28-20-23-22-19(15(2)24(3)4)26(20)17-10-8-16(21)9-11-17/h8-11,14-15H,5-7,12-13H2,1-4H3/t14-,15-/m1/s1. The first kappa shape index (κ1) is 21.1. The smallest absolute Gasteiger partial charge is 0.233 e. The molecule has 0 unspecified atom stereocenters. The zero-order chi connectivity index (χ0) is 20.3. The second-order valence-electron chi connectivity index (χ2n) is 7.51. The van der Waals surface area contributed by atoms with Gasteiger partial charge in [-0.2, -0.15) is 0 Å². The highest BCUT2D eigenvalue weighted by atomic mass is 35.5. The number of benzene rings is 1. The van der Waals surface area contributed by atoms with Gasteiger partial charge in [-0.3, -0.25) is 14.3 Å². The largest absolute Gasteiger partial charge is 0.339 e. The van der Waals surface area contributed by atoms with Crippen molar-refractivity contribution in [1.82, 2.24) is 24.6 Å². The molecule has 1 aromatic heterocycles. The summed E-state index contributed by atoms with van der Waals surface area (Å²) in [7, 11) is 4.03. The fourth-order valence-electron chi connectivity index (χ4n) is 3.39. The van der Waals surface area contributed by atoms with Gasteiger partial charge in [0, 0.05) is 23.3 Å². The van der Waals surface area contributed by atoms with E-state index in [2.05, 4.69) is 28.9 Å². The zero-order valence-electron chi connectivity index (χ0n) is 16.9. The molecule has 6 nitrogen and oxygen atoms in total. The van der Waals surface area contributed by atoms with E-state index in [9.17, 15) is 4.79 Å². The predicted octanol–water partition coefficient (Wildman–Crippen LogP) is 4.04. The number of hydrogen-bond acceptors (Lipinski definition) is 5. The van der Waals surface area contributed by atoms with Crippen LogP contribution in [-0.4, -0.2) is 62.9 Å². The maximum absolute atomic E-state index is 12.7. The number of likely N-dealkylation sites (tertiary alicyclic amines) is 1. The molecule has 0 N–H and O–H groups in total. The molecule has 1 aliphatic rings. The van der Waals surface area contributed by atoms with Crippen molar-refractivity contribution in [2.75, 3.05) is 26.4 Å². The van der Waals surface area contributed by atoms with Crippen molar-refractivity contribution < 1.29 is 4.79 Å². The number of aromatic nitrogens is 3. The first-order valence-corrected chi connectivity index (χ1v) is 11.0. The number of hydrogen-bond donors (Lipinski definition) is 0. The summed E-state index contributed by atoms with van der Waals surface area (Å²) >= 11 is 7.51. The van der Waals surface area contributed by atoms with Crippen LogP contribution >= 0.6 is 23.4 Å². The third kappa shape index (κ3) is 4.70. The first-order valence-electron chi connectivity index (χ1n) is 9.68. The molecule has 1 aliphatic heterocycles. The lowest BCUT2D eigenvalue weighted by Crippen LogP contribution is -2.43. The van der Waals surface area contributed by atoms with Gasteiger partial charge in [0.2, 0.25) is 5.91 Å². The molecule has 8 heteroatoms. The van der Waals surface area contributed by atoms with Crippen LogP contribution in [0.4, 0.5) is 0 Å². The van der Waals surface area contributed by atoms with E-state index in [1.54, 1.807) is 0 Å². The van der Waals surface area contributed by atoms with Crippen LogP contribution in [0.3, 0.4) is 0 Å². The van der Waals surface area contributed by atoms with E-state index in [0.29, 0.717) is 16.8 Å². The highest BCUT2D eigenvalue weighted by molar-refractivity contribution is 7.99. The van der Waals surface area contributed by atoms with Gasteiger partial charge in [-0.25, -0.2) is 0 Å². The Kier molecular flexibility index (Phi) is 7.01. The lowest BCUT2D eigenvalue weighted by Gasteiger charge is -2.33.